The monoisotopic (exact) mass is 235 g/mol. The van der Waals surface area contributed by atoms with Gasteiger partial charge in [0.25, 0.3) is 0 Å². The zero-order chi connectivity index (χ0) is 12.3. The molecule has 0 atom stereocenters. The molecule has 0 aliphatic rings. The van der Waals surface area contributed by atoms with Gasteiger partial charge in [0.05, 0.1) is 0 Å². The molecule has 0 aliphatic heterocycles. The molecule has 1 rings (SSSR count). The maximum Gasteiger partial charge on any atom is 0.220 e. The van der Waals surface area contributed by atoms with Crippen molar-refractivity contribution in [3.8, 4) is 0 Å². The van der Waals surface area contributed by atoms with E-state index in [0.29, 0.717) is 13.0 Å². The number of aryl methyl sites for hydroxylation is 1. The minimum absolute atomic E-state index is 0.116. The van der Waals surface area contributed by atoms with Crippen LogP contribution < -0.4 is 5.32 Å². The van der Waals surface area contributed by atoms with E-state index in [9.17, 15) is 4.79 Å². The van der Waals surface area contributed by atoms with Crippen molar-refractivity contribution in [2.24, 2.45) is 0 Å². The molecule has 0 saturated carbocycles. The number of ether oxygens (including phenoxy) is 1. The van der Waals surface area contributed by atoms with Gasteiger partial charge >= 0.3 is 0 Å². The van der Waals surface area contributed by atoms with Crippen LogP contribution >= 0.6 is 0 Å². The quantitative estimate of drug-likeness (QED) is 0.701. The van der Waals surface area contributed by atoms with Gasteiger partial charge in [0.2, 0.25) is 5.91 Å². The summed E-state index contributed by atoms with van der Waals surface area (Å²) < 4.78 is 5.19. The van der Waals surface area contributed by atoms with E-state index in [1.54, 1.807) is 0 Å². The number of carbonyl (C=O) groups is 1. The number of rotatable bonds is 8. The number of carbonyl (C=O) groups excluding carboxylic acids is 1. The Bertz CT molecular complexity index is 311. The molecule has 3 heteroatoms. The van der Waals surface area contributed by atoms with Crippen LogP contribution in [0.2, 0.25) is 0 Å². The lowest BCUT2D eigenvalue weighted by Crippen LogP contribution is -2.25. The summed E-state index contributed by atoms with van der Waals surface area (Å²) in [6.07, 6.45) is 2.24. The second-order valence-electron chi connectivity index (χ2n) is 3.89. The second-order valence-corrected chi connectivity index (χ2v) is 3.89. The highest BCUT2D eigenvalue weighted by molar-refractivity contribution is 5.76. The molecule has 17 heavy (non-hydrogen) atoms. The van der Waals surface area contributed by atoms with Gasteiger partial charge in [0.1, 0.15) is 0 Å². The van der Waals surface area contributed by atoms with Crippen LogP contribution in [0.1, 0.15) is 25.3 Å². The molecule has 0 saturated heterocycles. The second kappa shape index (κ2) is 8.76. The first-order valence-corrected chi connectivity index (χ1v) is 6.21. The highest BCUT2D eigenvalue weighted by Gasteiger charge is 2.00. The van der Waals surface area contributed by atoms with Crippen molar-refractivity contribution in [2.45, 2.75) is 26.2 Å². The summed E-state index contributed by atoms with van der Waals surface area (Å²) in [6.45, 7) is 4.13. The summed E-state index contributed by atoms with van der Waals surface area (Å²) in [6, 6.07) is 10.1. The summed E-state index contributed by atoms with van der Waals surface area (Å²) in [5, 5.41) is 2.89. The largest absolute Gasteiger partial charge is 0.382 e. The van der Waals surface area contributed by atoms with Crippen molar-refractivity contribution < 1.29 is 9.53 Å². The van der Waals surface area contributed by atoms with Crippen LogP contribution in [0.5, 0.6) is 0 Å². The summed E-state index contributed by atoms with van der Waals surface area (Å²) in [7, 11) is 0. The zero-order valence-electron chi connectivity index (χ0n) is 10.4. The summed E-state index contributed by atoms with van der Waals surface area (Å²) in [4.78, 5) is 11.5. The Labute approximate surface area is 103 Å². The molecule has 3 nitrogen and oxygen atoms in total. The average molecular weight is 235 g/mol. The summed E-state index contributed by atoms with van der Waals surface area (Å²) in [5.74, 6) is 0.116. The smallest absolute Gasteiger partial charge is 0.220 e. The molecular formula is C14H21NO2. The Morgan fingerprint density at radius 2 is 2.06 bits per heavy atom. The van der Waals surface area contributed by atoms with Gasteiger partial charge in [-0.05, 0) is 25.3 Å². The number of hydrogen-bond acceptors (Lipinski definition) is 2. The summed E-state index contributed by atoms with van der Waals surface area (Å²) >= 11 is 0. The molecule has 0 fully saturated rings. The van der Waals surface area contributed by atoms with E-state index in [-0.39, 0.29) is 5.91 Å². The lowest BCUT2D eigenvalue weighted by Gasteiger charge is -2.05. The first-order chi connectivity index (χ1) is 8.33. The highest BCUT2D eigenvalue weighted by atomic mass is 16.5. The van der Waals surface area contributed by atoms with E-state index in [2.05, 4.69) is 5.32 Å². The Kier molecular flexibility index (Phi) is 7.07. The van der Waals surface area contributed by atoms with Crippen LogP contribution in [0.4, 0.5) is 0 Å². The Morgan fingerprint density at radius 1 is 1.29 bits per heavy atom. The molecule has 0 spiro atoms. The minimum Gasteiger partial charge on any atom is -0.382 e. The van der Waals surface area contributed by atoms with Crippen LogP contribution in [-0.4, -0.2) is 25.7 Å². The fraction of sp³-hybridized carbons (Fsp3) is 0.500. The third-order valence-corrected chi connectivity index (χ3v) is 2.48. The van der Waals surface area contributed by atoms with Gasteiger partial charge in [-0.25, -0.2) is 0 Å². The van der Waals surface area contributed by atoms with E-state index in [0.717, 1.165) is 26.1 Å². The Hall–Kier alpha value is -1.35. The van der Waals surface area contributed by atoms with Crippen molar-refractivity contribution in [1.82, 2.24) is 5.32 Å². The molecule has 94 valence electrons. The third kappa shape index (κ3) is 6.74. The molecule has 1 N–H and O–H groups in total. The van der Waals surface area contributed by atoms with E-state index in [4.69, 9.17) is 4.74 Å². The average Bonchev–Trinajstić information content (AvgIpc) is 2.37. The van der Waals surface area contributed by atoms with Crippen LogP contribution in [-0.2, 0) is 16.0 Å². The van der Waals surface area contributed by atoms with Crippen molar-refractivity contribution in [3.05, 3.63) is 35.9 Å². The molecule has 0 unspecified atom stereocenters. The zero-order valence-corrected chi connectivity index (χ0v) is 10.4. The summed E-state index contributed by atoms with van der Waals surface area (Å²) in [5.41, 5.74) is 1.21. The van der Waals surface area contributed by atoms with Gasteiger partial charge in [-0.1, -0.05) is 30.3 Å². The minimum atomic E-state index is 0.116. The van der Waals surface area contributed by atoms with Crippen molar-refractivity contribution in [1.29, 1.82) is 0 Å². The van der Waals surface area contributed by atoms with Gasteiger partial charge in [-0.3, -0.25) is 4.79 Å². The first kappa shape index (κ1) is 13.7. The molecule has 1 aromatic carbocycles. The Morgan fingerprint density at radius 3 is 2.76 bits per heavy atom. The Balaban J connectivity index is 2.05. The van der Waals surface area contributed by atoms with Crippen molar-refractivity contribution in [2.75, 3.05) is 19.8 Å². The van der Waals surface area contributed by atoms with Gasteiger partial charge in [0.15, 0.2) is 0 Å². The number of benzene rings is 1. The van der Waals surface area contributed by atoms with Gasteiger partial charge in [-0.2, -0.15) is 0 Å². The molecule has 0 heterocycles. The predicted molar refractivity (Wildman–Crippen MR) is 68.9 cm³/mol. The normalized spacial score (nSPS) is 10.2. The van der Waals surface area contributed by atoms with Crippen LogP contribution in [0.15, 0.2) is 30.3 Å². The lowest BCUT2D eigenvalue weighted by atomic mass is 10.1. The van der Waals surface area contributed by atoms with E-state index < -0.39 is 0 Å². The number of amides is 1. The van der Waals surface area contributed by atoms with Crippen LogP contribution in [0, 0.1) is 0 Å². The fourth-order valence-corrected chi connectivity index (χ4v) is 1.54. The van der Waals surface area contributed by atoms with E-state index in [1.165, 1.54) is 5.56 Å². The molecule has 0 aliphatic carbocycles. The van der Waals surface area contributed by atoms with Gasteiger partial charge in [0, 0.05) is 26.2 Å². The van der Waals surface area contributed by atoms with Crippen LogP contribution in [0.3, 0.4) is 0 Å². The lowest BCUT2D eigenvalue weighted by molar-refractivity contribution is -0.121. The fourth-order valence-electron chi connectivity index (χ4n) is 1.54. The van der Waals surface area contributed by atoms with Gasteiger partial charge < -0.3 is 10.1 Å². The molecule has 1 aromatic rings. The van der Waals surface area contributed by atoms with Crippen molar-refractivity contribution >= 4 is 5.91 Å². The maximum atomic E-state index is 11.5. The molecular weight excluding hydrogens is 214 g/mol. The SMILES string of the molecule is CCOCCCNC(=O)CCc1ccccc1. The molecule has 0 bridgehead atoms. The van der Waals surface area contributed by atoms with Crippen LogP contribution in [0.25, 0.3) is 0 Å². The molecule has 0 radical (unpaired) electrons. The third-order valence-electron chi connectivity index (χ3n) is 2.48. The number of nitrogens with one attached hydrogen (secondary N) is 1. The topological polar surface area (TPSA) is 38.3 Å². The highest BCUT2D eigenvalue weighted by Crippen LogP contribution is 2.01. The first-order valence-electron chi connectivity index (χ1n) is 6.21. The van der Waals surface area contributed by atoms with Crippen molar-refractivity contribution in [3.63, 3.8) is 0 Å². The number of hydrogen-bond donors (Lipinski definition) is 1. The molecule has 0 aromatic heterocycles. The molecule has 1 amide bonds. The van der Waals surface area contributed by atoms with E-state index in [1.807, 2.05) is 37.3 Å². The predicted octanol–water partition coefficient (Wildman–Crippen LogP) is 2.16. The standard InChI is InChI=1S/C14H21NO2/c1-2-17-12-6-11-15-14(16)10-9-13-7-4-3-5-8-13/h3-5,7-8H,2,6,9-12H2,1H3,(H,15,16). The maximum absolute atomic E-state index is 11.5. The van der Waals surface area contributed by atoms with E-state index >= 15 is 0 Å². The van der Waals surface area contributed by atoms with Gasteiger partial charge in [-0.15, -0.1) is 0 Å².